The van der Waals surface area contributed by atoms with Crippen molar-refractivity contribution in [1.82, 2.24) is 4.57 Å². The van der Waals surface area contributed by atoms with Crippen molar-refractivity contribution in [1.29, 1.82) is 0 Å². The molecule has 0 unspecified atom stereocenters. The quantitative estimate of drug-likeness (QED) is 0.425. The SMILES string of the molecule is CCc1c(O)c(/C(C)=N/O)c(=O)n(-c2ccccc2)c1-c1ccccc1. The molecule has 132 valence electrons. The van der Waals surface area contributed by atoms with E-state index in [1.54, 1.807) is 4.57 Å². The molecular formula is C21H20N2O3. The van der Waals surface area contributed by atoms with Crippen molar-refractivity contribution in [2.45, 2.75) is 20.3 Å². The summed E-state index contributed by atoms with van der Waals surface area (Å²) in [6.45, 7) is 3.41. The standard InChI is InChI=1S/C21H20N2O3/c1-3-17-19(15-10-6-4-7-11-15)23(16-12-8-5-9-13-16)21(25)18(20(17)24)14(2)22-26/h4-13,24,26H,3H2,1-2H3/b22-14+. The number of aromatic hydroxyl groups is 1. The van der Waals surface area contributed by atoms with Crippen molar-refractivity contribution < 1.29 is 10.3 Å². The van der Waals surface area contributed by atoms with Gasteiger partial charge in [0.1, 0.15) is 11.3 Å². The van der Waals surface area contributed by atoms with E-state index < -0.39 is 5.56 Å². The van der Waals surface area contributed by atoms with Gasteiger partial charge in [0.05, 0.1) is 11.4 Å². The zero-order chi connectivity index (χ0) is 18.7. The maximum atomic E-state index is 13.3. The number of benzene rings is 2. The summed E-state index contributed by atoms with van der Waals surface area (Å²) in [6.07, 6.45) is 0.509. The van der Waals surface area contributed by atoms with Crippen LogP contribution in [0.3, 0.4) is 0 Å². The van der Waals surface area contributed by atoms with E-state index in [0.717, 1.165) is 5.56 Å². The lowest BCUT2D eigenvalue weighted by Gasteiger charge is -2.20. The van der Waals surface area contributed by atoms with Crippen LogP contribution in [0, 0.1) is 0 Å². The Balaban J connectivity index is 2.53. The van der Waals surface area contributed by atoms with Crippen molar-refractivity contribution in [3.63, 3.8) is 0 Å². The van der Waals surface area contributed by atoms with Crippen LogP contribution in [0.2, 0.25) is 0 Å². The Bertz CT molecular complexity index is 1010. The first kappa shape index (κ1) is 17.5. The van der Waals surface area contributed by atoms with Crippen molar-refractivity contribution in [2.75, 3.05) is 0 Å². The lowest BCUT2D eigenvalue weighted by Crippen LogP contribution is -2.27. The first-order valence-electron chi connectivity index (χ1n) is 8.40. The van der Waals surface area contributed by atoms with E-state index in [1.807, 2.05) is 67.6 Å². The maximum absolute atomic E-state index is 13.3. The predicted molar refractivity (Wildman–Crippen MR) is 103 cm³/mol. The Kier molecular flexibility index (Phi) is 4.89. The molecule has 0 saturated carbocycles. The van der Waals surface area contributed by atoms with E-state index in [0.29, 0.717) is 23.4 Å². The highest BCUT2D eigenvalue weighted by Gasteiger charge is 2.24. The number of nitrogens with zero attached hydrogens (tertiary/aromatic N) is 2. The average Bonchev–Trinajstić information content (AvgIpc) is 2.68. The number of para-hydroxylation sites is 1. The van der Waals surface area contributed by atoms with Gasteiger partial charge in [0.15, 0.2) is 0 Å². The van der Waals surface area contributed by atoms with Crippen LogP contribution in [0.5, 0.6) is 5.75 Å². The third kappa shape index (κ3) is 2.88. The molecule has 3 aromatic rings. The molecule has 26 heavy (non-hydrogen) atoms. The highest BCUT2D eigenvalue weighted by molar-refractivity contribution is 6.01. The van der Waals surface area contributed by atoms with Crippen LogP contribution in [-0.2, 0) is 6.42 Å². The molecule has 2 N–H and O–H groups in total. The van der Waals surface area contributed by atoms with Gasteiger partial charge in [0.25, 0.3) is 5.56 Å². The molecule has 5 nitrogen and oxygen atoms in total. The van der Waals surface area contributed by atoms with Crippen LogP contribution in [0.4, 0.5) is 0 Å². The summed E-state index contributed by atoms with van der Waals surface area (Å²) in [4.78, 5) is 13.3. The van der Waals surface area contributed by atoms with Gasteiger partial charge in [-0.2, -0.15) is 0 Å². The van der Waals surface area contributed by atoms with E-state index >= 15 is 0 Å². The van der Waals surface area contributed by atoms with Crippen molar-refractivity contribution in [3.8, 4) is 22.7 Å². The molecule has 0 fully saturated rings. The first-order chi connectivity index (χ1) is 12.6. The summed E-state index contributed by atoms with van der Waals surface area (Å²) in [6, 6.07) is 18.7. The zero-order valence-electron chi connectivity index (χ0n) is 14.7. The monoisotopic (exact) mass is 348 g/mol. The van der Waals surface area contributed by atoms with E-state index in [2.05, 4.69) is 5.16 Å². The summed E-state index contributed by atoms with van der Waals surface area (Å²) in [7, 11) is 0. The first-order valence-corrected chi connectivity index (χ1v) is 8.40. The van der Waals surface area contributed by atoms with Crippen LogP contribution in [0.15, 0.2) is 70.6 Å². The van der Waals surface area contributed by atoms with Crippen LogP contribution in [0.1, 0.15) is 25.0 Å². The molecule has 0 spiro atoms. The van der Waals surface area contributed by atoms with E-state index in [9.17, 15) is 15.1 Å². The summed E-state index contributed by atoms with van der Waals surface area (Å²) in [5.74, 6) is -0.140. The molecule has 0 aliphatic heterocycles. The number of hydrogen-bond donors (Lipinski definition) is 2. The molecule has 1 aromatic heterocycles. The molecule has 0 aliphatic rings. The largest absolute Gasteiger partial charge is 0.507 e. The summed E-state index contributed by atoms with van der Waals surface area (Å²) < 4.78 is 1.57. The molecule has 0 saturated heterocycles. The Hall–Kier alpha value is -3.34. The minimum absolute atomic E-state index is 0.00730. The fourth-order valence-electron chi connectivity index (χ4n) is 3.15. The third-order valence-corrected chi connectivity index (χ3v) is 4.38. The normalized spacial score (nSPS) is 11.5. The second kappa shape index (κ2) is 7.27. The number of pyridine rings is 1. The van der Waals surface area contributed by atoms with E-state index in [1.165, 1.54) is 6.92 Å². The molecule has 0 radical (unpaired) electrons. The Morgan fingerprint density at radius 2 is 1.62 bits per heavy atom. The molecule has 0 amide bonds. The number of hydrogen-bond acceptors (Lipinski definition) is 4. The van der Waals surface area contributed by atoms with Gasteiger partial charge in [0, 0.05) is 11.3 Å². The van der Waals surface area contributed by atoms with Gasteiger partial charge < -0.3 is 10.3 Å². The smallest absolute Gasteiger partial charge is 0.268 e. The van der Waals surface area contributed by atoms with Gasteiger partial charge in [-0.05, 0) is 31.0 Å². The van der Waals surface area contributed by atoms with Crippen LogP contribution >= 0.6 is 0 Å². The summed E-state index contributed by atoms with van der Waals surface area (Å²) in [5.41, 5.74) is 2.41. The molecule has 0 bridgehead atoms. The fraction of sp³-hybridized carbons (Fsp3) is 0.143. The molecule has 0 aliphatic carbocycles. The summed E-state index contributed by atoms with van der Waals surface area (Å²) in [5, 5.41) is 23.1. The molecule has 2 aromatic carbocycles. The lowest BCUT2D eigenvalue weighted by atomic mass is 9.98. The predicted octanol–water partition coefficient (Wildman–Crippen LogP) is 3.97. The minimum atomic E-state index is -0.431. The molecule has 1 heterocycles. The lowest BCUT2D eigenvalue weighted by molar-refractivity contribution is 0.318. The summed E-state index contributed by atoms with van der Waals surface area (Å²) >= 11 is 0. The van der Waals surface area contributed by atoms with Crippen LogP contribution in [0.25, 0.3) is 16.9 Å². The molecule has 3 rings (SSSR count). The van der Waals surface area contributed by atoms with Crippen LogP contribution in [-0.4, -0.2) is 20.6 Å². The minimum Gasteiger partial charge on any atom is -0.507 e. The van der Waals surface area contributed by atoms with E-state index in [-0.39, 0.29) is 17.0 Å². The van der Waals surface area contributed by atoms with Gasteiger partial charge in [-0.25, -0.2) is 0 Å². The van der Waals surface area contributed by atoms with Gasteiger partial charge in [-0.3, -0.25) is 9.36 Å². The average molecular weight is 348 g/mol. The van der Waals surface area contributed by atoms with Gasteiger partial charge >= 0.3 is 0 Å². The maximum Gasteiger partial charge on any atom is 0.268 e. The highest BCUT2D eigenvalue weighted by Crippen LogP contribution is 2.33. The number of oxime groups is 1. The highest BCUT2D eigenvalue weighted by atomic mass is 16.4. The molecule has 5 heteroatoms. The van der Waals surface area contributed by atoms with Crippen molar-refractivity contribution >= 4 is 5.71 Å². The van der Waals surface area contributed by atoms with Crippen LogP contribution < -0.4 is 5.56 Å². The van der Waals surface area contributed by atoms with Gasteiger partial charge in [-0.15, -0.1) is 0 Å². The van der Waals surface area contributed by atoms with Gasteiger partial charge in [-0.1, -0.05) is 60.6 Å². The van der Waals surface area contributed by atoms with E-state index in [4.69, 9.17) is 0 Å². The Labute approximate surface area is 151 Å². The Morgan fingerprint density at radius 3 is 2.15 bits per heavy atom. The van der Waals surface area contributed by atoms with Crippen molar-refractivity contribution in [3.05, 3.63) is 82.1 Å². The molecular weight excluding hydrogens is 328 g/mol. The van der Waals surface area contributed by atoms with Crippen molar-refractivity contribution in [2.24, 2.45) is 5.16 Å². The number of aromatic nitrogens is 1. The fourth-order valence-corrected chi connectivity index (χ4v) is 3.15. The molecule has 0 atom stereocenters. The second-order valence-corrected chi connectivity index (χ2v) is 5.93. The topological polar surface area (TPSA) is 74.8 Å². The Morgan fingerprint density at radius 1 is 1.04 bits per heavy atom. The van der Waals surface area contributed by atoms with Gasteiger partial charge in [0.2, 0.25) is 0 Å². The second-order valence-electron chi connectivity index (χ2n) is 5.93. The third-order valence-electron chi connectivity index (χ3n) is 4.38. The zero-order valence-corrected chi connectivity index (χ0v) is 14.7. The number of rotatable bonds is 4.